The largest absolute Gasteiger partial charge is 0.356 e. The van der Waals surface area contributed by atoms with Crippen molar-refractivity contribution in [3.8, 4) is 22.4 Å². The predicted octanol–water partition coefficient (Wildman–Crippen LogP) is 6.46. The van der Waals surface area contributed by atoms with Gasteiger partial charge in [-0.15, -0.1) is 0 Å². The van der Waals surface area contributed by atoms with E-state index in [9.17, 15) is 28.8 Å². The minimum Gasteiger partial charge on any atom is -0.356 e. The second-order valence-corrected chi connectivity index (χ2v) is 15.8. The minimum atomic E-state index is -0.725. The first-order chi connectivity index (χ1) is 28.9. The van der Waals surface area contributed by atoms with Gasteiger partial charge in [0.05, 0.1) is 22.8 Å². The van der Waals surface area contributed by atoms with E-state index in [0.717, 1.165) is 33.2 Å². The monoisotopic (exact) mass is 812 g/mol. The van der Waals surface area contributed by atoms with Gasteiger partial charge < -0.3 is 25.6 Å². The quantitative estimate of drug-likeness (QED) is 0.0836. The fourth-order valence-electron chi connectivity index (χ4n) is 7.31. The molecule has 3 aromatic heterocycles. The first-order valence-electron chi connectivity index (χ1n) is 20.5. The van der Waals surface area contributed by atoms with Crippen molar-refractivity contribution in [3.05, 3.63) is 107 Å². The molecule has 4 heterocycles. The fraction of sp³-hybridized carbons (Fsp3) is 0.370. The van der Waals surface area contributed by atoms with Crippen molar-refractivity contribution in [1.29, 1.82) is 0 Å². The summed E-state index contributed by atoms with van der Waals surface area (Å²) in [5.41, 5.74) is 5.76. The van der Waals surface area contributed by atoms with Crippen LogP contribution in [0.4, 0.5) is 10.5 Å². The van der Waals surface area contributed by atoms with Gasteiger partial charge in [-0.25, -0.2) is 9.48 Å². The molecule has 312 valence electrons. The summed E-state index contributed by atoms with van der Waals surface area (Å²) in [6.07, 6.45) is 7.17. The molecular formula is C46H52N8O6. The maximum absolute atomic E-state index is 14.1. The van der Waals surface area contributed by atoms with Gasteiger partial charge >= 0.3 is 6.03 Å². The molecule has 2 atom stereocenters. The minimum absolute atomic E-state index is 0.00801. The third-order valence-corrected chi connectivity index (χ3v) is 10.7. The van der Waals surface area contributed by atoms with Gasteiger partial charge in [-0.2, -0.15) is 5.10 Å². The summed E-state index contributed by atoms with van der Waals surface area (Å²) in [5.74, 6) is -1.55. The van der Waals surface area contributed by atoms with E-state index in [2.05, 4.69) is 25.9 Å². The number of unbranched alkanes of at least 4 members (excludes halogenated alkanes) is 1. The number of rotatable bonds is 18. The van der Waals surface area contributed by atoms with Gasteiger partial charge in [-0.3, -0.25) is 29.1 Å². The fourth-order valence-corrected chi connectivity index (χ4v) is 7.31. The second kappa shape index (κ2) is 19.9. The van der Waals surface area contributed by atoms with Crippen LogP contribution in [-0.2, 0) is 38.8 Å². The van der Waals surface area contributed by atoms with Crippen LogP contribution in [0, 0.1) is 11.8 Å². The highest BCUT2D eigenvalue weighted by atomic mass is 16.2. The highest BCUT2D eigenvalue weighted by Gasteiger charge is 2.28. The lowest BCUT2D eigenvalue weighted by molar-refractivity contribution is -0.132. The molecule has 2 aromatic carbocycles. The molecule has 0 saturated carbocycles. The number of carbonyl (C=O) groups is 5. The predicted molar refractivity (Wildman–Crippen MR) is 230 cm³/mol. The van der Waals surface area contributed by atoms with Gasteiger partial charge in [-0.05, 0) is 85.2 Å². The van der Waals surface area contributed by atoms with E-state index in [1.54, 1.807) is 36.5 Å². The van der Waals surface area contributed by atoms with Gasteiger partial charge in [0.2, 0.25) is 11.8 Å². The number of nitrogens with zero attached hydrogens (tertiary/aromatic N) is 5. The van der Waals surface area contributed by atoms with Crippen LogP contribution >= 0.6 is 0 Å². The molecule has 1 aliphatic rings. The Bertz CT molecular complexity index is 2400. The number of anilines is 1. The molecule has 0 bridgehead atoms. The van der Waals surface area contributed by atoms with Crippen LogP contribution in [-0.4, -0.2) is 66.6 Å². The number of aromatic nitrogens is 4. The van der Waals surface area contributed by atoms with Crippen LogP contribution in [0.1, 0.15) is 77.3 Å². The Labute approximate surface area is 349 Å². The number of ketones is 2. The van der Waals surface area contributed by atoms with Crippen LogP contribution in [0.5, 0.6) is 0 Å². The Hall–Kier alpha value is -6.57. The summed E-state index contributed by atoms with van der Waals surface area (Å²) in [7, 11) is 0. The second-order valence-electron chi connectivity index (χ2n) is 15.8. The number of amides is 4. The first kappa shape index (κ1) is 43.0. The van der Waals surface area contributed by atoms with E-state index < -0.39 is 12.0 Å². The van der Waals surface area contributed by atoms with E-state index in [0.29, 0.717) is 62.3 Å². The Morgan fingerprint density at radius 1 is 0.833 bits per heavy atom. The molecule has 0 saturated heterocycles. The third-order valence-electron chi connectivity index (χ3n) is 10.7. The molecule has 5 aromatic rings. The number of carbonyl (C=O) groups excluding carboxylic acids is 5. The van der Waals surface area contributed by atoms with Crippen LogP contribution < -0.4 is 21.5 Å². The average molecular weight is 813 g/mol. The van der Waals surface area contributed by atoms with E-state index >= 15 is 0 Å². The lowest BCUT2D eigenvalue weighted by atomic mass is 9.92. The third kappa shape index (κ3) is 10.9. The average Bonchev–Trinajstić information content (AvgIpc) is 3.68. The summed E-state index contributed by atoms with van der Waals surface area (Å²) in [5, 5.41) is 14.3. The molecule has 0 fully saturated rings. The van der Waals surface area contributed by atoms with E-state index in [-0.39, 0.29) is 60.3 Å². The zero-order valence-electron chi connectivity index (χ0n) is 34.6. The number of urea groups is 1. The summed E-state index contributed by atoms with van der Waals surface area (Å²) >= 11 is 0. The molecule has 0 unspecified atom stereocenters. The van der Waals surface area contributed by atoms with Gasteiger partial charge in [0.1, 0.15) is 5.78 Å². The number of Topliss-reactive ketones (excluding diaryl/α,β-unsaturated/α-hetero) is 2. The van der Waals surface area contributed by atoms with Crippen LogP contribution in [0.25, 0.3) is 33.3 Å². The summed E-state index contributed by atoms with van der Waals surface area (Å²) in [6.45, 7) is 8.47. The van der Waals surface area contributed by atoms with Crippen molar-refractivity contribution in [2.75, 3.05) is 11.9 Å². The highest BCUT2D eigenvalue weighted by Crippen LogP contribution is 2.29. The molecule has 1 aliphatic heterocycles. The lowest BCUT2D eigenvalue weighted by Crippen LogP contribution is -2.45. The maximum atomic E-state index is 14.1. The van der Waals surface area contributed by atoms with Crippen molar-refractivity contribution in [1.82, 2.24) is 35.3 Å². The first-order valence-corrected chi connectivity index (χ1v) is 20.5. The Balaban J connectivity index is 1.09. The van der Waals surface area contributed by atoms with Crippen LogP contribution in [0.15, 0.2) is 90.1 Å². The van der Waals surface area contributed by atoms with E-state index in [1.807, 2.05) is 74.5 Å². The van der Waals surface area contributed by atoms with Crippen LogP contribution in [0.2, 0.25) is 0 Å². The number of pyridine rings is 2. The van der Waals surface area contributed by atoms with Gasteiger partial charge in [-0.1, -0.05) is 51.1 Å². The molecule has 14 heteroatoms. The molecule has 3 N–H and O–H groups in total. The van der Waals surface area contributed by atoms with Gasteiger partial charge in [0.25, 0.3) is 5.56 Å². The number of benzene rings is 2. The van der Waals surface area contributed by atoms with Crippen molar-refractivity contribution in [2.24, 2.45) is 11.8 Å². The number of hydrogen-bond acceptors (Lipinski definition) is 9. The van der Waals surface area contributed by atoms with E-state index in [4.69, 9.17) is 5.10 Å². The zero-order chi connectivity index (χ0) is 42.8. The topological polar surface area (TPSA) is 185 Å². The normalized spacial score (nSPS) is 13.1. The SMILES string of the molecule is CC(=O)CCCC(=O)N[C@H](C(=O)C[C@@H](C)C(=O)NCCCCn1nc(-c2ccc(NC(=O)N3Cc4ccncc4C3)cc2)cc(-c2cccc3ncccc23)c1=O)C(C)C. The Morgan fingerprint density at radius 2 is 1.62 bits per heavy atom. The van der Waals surface area contributed by atoms with Gasteiger partial charge in [0.15, 0.2) is 5.78 Å². The zero-order valence-corrected chi connectivity index (χ0v) is 34.6. The summed E-state index contributed by atoms with van der Waals surface area (Å²) in [6, 6.07) is 19.6. The molecule has 4 amide bonds. The summed E-state index contributed by atoms with van der Waals surface area (Å²) < 4.78 is 1.46. The van der Waals surface area contributed by atoms with Crippen molar-refractivity contribution in [2.45, 2.75) is 91.9 Å². The maximum Gasteiger partial charge on any atom is 0.322 e. The molecule has 60 heavy (non-hydrogen) atoms. The van der Waals surface area contributed by atoms with Gasteiger partial charge in [0, 0.05) is 86.6 Å². The molecule has 0 spiro atoms. The summed E-state index contributed by atoms with van der Waals surface area (Å²) in [4.78, 5) is 87.4. The van der Waals surface area contributed by atoms with Crippen molar-refractivity contribution in [3.63, 3.8) is 0 Å². The molecular weight excluding hydrogens is 761 g/mol. The lowest BCUT2D eigenvalue weighted by Gasteiger charge is -2.22. The van der Waals surface area contributed by atoms with Crippen molar-refractivity contribution < 1.29 is 24.0 Å². The number of aryl methyl sites for hydroxylation is 1. The Morgan fingerprint density at radius 3 is 2.37 bits per heavy atom. The Kier molecular flexibility index (Phi) is 14.3. The number of fused-ring (bicyclic) bond motifs is 2. The van der Waals surface area contributed by atoms with Crippen molar-refractivity contribution >= 4 is 46.0 Å². The molecule has 0 aliphatic carbocycles. The highest BCUT2D eigenvalue weighted by molar-refractivity contribution is 5.95. The van der Waals surface area contributed by atoms with Crippen LogP contribution in [0.3, 0.4) is 0 Å². The molecule has 14 nitrogen and oxygen atoms in total. The number of nitrogens with one attached hydrogen (secondary N) is 3. The standard InChI is InChI=1S/C46H52N8O6/c1-29(2)43(51-42(57)14-7-10-31(4)55)41(56)24-30(3)44(58)49-20-5-6-23-54-45(59)38(36-11-8-13-39-37(36)12-9-21-48-39)25-40(52-54)32-15-17-35(18-16-32)50-46(60)53-27-33-19-22-47-26-34(33)28-53/h8-9,11-13,15-19,21-22,25-26,29-30,43H,5-7,10,14,20,23-24,27-28H2,1-4H3,(H,49,58)(H,50,60)(H,51,57)/t30-,43+/m1/s1. The molecule has 6 rings (SSSR count). The molecule has 0 radical (unpaired) electrons. The van der Waals surface area contributed by atoms with E-state index in [1.165, 1.54) is 11.6 Å². The smallest absolute Gasteiger partial charge is 0.322 e. The number of hydrogen-bond donors (Lipinski definition) is 3.